The average Bonchev–Trinajstić information content (AvgIpc) is 3.15. The quantitative estimate of drug-likeness (QED) is 0.355. The predicted molar refractivity (Wildman–Crippen MR) is 114 cm³/mol. The van der Waals surface area contributed by atoms with E-state index in [0.29, 0.717) is 6.61 Å². The second-order valence-electron chi connectivity index (χ2n) is 6.64. The van der Waals surface area contributed by atoms with E-state index < -0.39 is 0 Å². The molecule has 0 spiro atoms. The molecule has 3 rings (SSSR count). The molecule has 0 amide bonds. The Kier molecular flexibility index (Phi) is 6.90. The van der Waals surface area contributed by atoms with Crippen molar-refractivity contribution in [3.63, 3.8) is 0 Å². The van der Waals surface area contributed by atoms with Gasteiger partial charge < -0.3 is 4.74 Å². The van der Waals surface area contributed by atoms with Gasteiger partial charge in [0.1, 0.15) is 0 Å². The van der Waals surface area contributed by atoms with Crippen molar-refractivity contribution in [1.29, 1.82) is 0 Å². The Morgan fingerprint density at radius 1 is 0.692 bits per heavy atom. The van der Waals surface area contributed by atoms with Crippen molar-refractivity contribution in [3.05, 3.63) is 66.2 Å². The maximum absolute atomic E-state index is 5.57. The van der Waals surface area contributed by atoms with Gasteiger partial charge in [0.25, 0.3) is 0 Å². The average molecular weight is 365 g/mol. The van der Waals surface area contributed by atoms with Crippen LogP contribution in [0.2, 0.25) is 0 Å². The highest BCUT2D eigenvalue weighted by atomic mass is 32.1. The molecule has 0 saturated heterocycles. The Balaban J connectivity index is 1.64. The van der Waals surface area contributed by atoms with Gasteiger partial charge in [-0.15, -0.1) is 0 Å². The highest BCUT2D eigenvalue weighted by Gasteiger charge is 2.05. The third kappa shape index (κ3) is 4.98. The molecule has 0 aliphatic heterocycles. The van der Waals surface area contributed by atoms with Gasteiger partial charge in [-0.25, -0.2) is 0 Å². The second-order valence-corrected chi connectivity index (χ2v) is 7.68. The van der Waals surface area contributed by atoms with Gasteiger partial charge in [0.15, 0.2) is 5.06 Å². The van der Waals surface area contributed by atoms with E-state index in [1.54, 1.807) is 11.3 Å². The van der Waals surface area contributed by atoms with Crippen molar-refractivity contribution in [2.45, 2.75) is 46.0 Å². The van der Waals surface area contributed by atoms with Crippen LogP contribution in [-0.2, 0) is 6.42 Å². The summed E-state index contributed by atoms with van der Waals surface area (Å²) in [4.78, 5) is 1.25. The number of benzene rings is 2. The third-order valence-corrected chi connectivity index (χ3v) is 5.69. The van der Waals surface area contributed by atoms with Crippen molar-refractivity contribution < 1.29 is 4.74 Å². The summed E-state index contributed by atoms with van der Waals surface area (Å²) in [5.74, 6) is 0. The van der Waals surface area contributed by atoms with E-state index in [9.17, 15) is 0 Å². The van der Waals surface area contributed by atoms with Crippen LogP contribution in [0.1, 0.15) is 45.1 Å². The molecular weight excluding hydrogens is 336 g/mol. The molecule has 3 aromatic rings. The summed E-state index contributed by atoms with van der Waals surface area (Å²) in [5.41, 5.74) is 5.25. The number of hydrogen-bond donors (Lipinski definition) is 0. The van der Waals surface area contributed by atoms with Gasteiger partial charge in [0.2, 0.25) is 0 Å². The fraction of sp³-hybridized carbons (Fsp3) is 0.333. The van der Waals surface area contributed by atoms with Crippen molar-refractivity contribution in [2.24, 2.45) is 0 Å². The highest BCUT2D eigenvalue weighted by Crippen LogP contribution is 2.34. The van der Waals surface area contributed by atoms with Crippen LogP contribution in [0.25, 0.3) is 21.6 Å². The largest absolute Gasteiger partial charge is 0.484 e. The molecule has 2 aromatic carbocycles. The number of rotatable bonds is 9. The summed E-state index contributed by atoms with van der Waals surface area (Å²) in [5, 5.41) is 0.987. The molecule has 0 saturated carbocycles. The van der Waals surface area contributed by atoms with Gasteiger partial charge in [-0.1, -0.05) is 86.1 Å². The van der Waals surface area contributed by atoms with Crippen LogP contribution in [0, 0.1) is 0 Å². The molecule has 0 unspecified atom stereocenters. The molecule has 0 aliphatic rings. The normalized spacial score (nSPS) is 10.8. The van der Waals surface area contributed by atoms with E-state index in [1.165, 1.54) is 59.2 Å². The maximum atomic E-state index is 5.57. The van der Waals surface area contributed by atoms with Crippen molar-refractivity contribution in [2.75, 3.05) is 6.61 Å². The zero-order valence-electron chi connectivity index (χ0n) is 15.8. The van der Waals surface area contributed by atoms with Gasteiger partial charge in [-0.05, 0) is 54.2 Å². The lowest BCUT2D eigenvalue weighted by Gasteiger charge is -2.06. The molecule has 136 valence electrons. The van der Waals surface area contributed by atoms with Crippen molar-refractivity contribution >= 4 is 11.3 Å². The minimum atomic E-state index is 0.716. The van der Waals surface area contributed by atoms with Crippen LogP contribution in [-0.4, -0.2) is 6.61 Å². The van der Waals surface area contributed by atoms with Crippen LogP contribution in [0.3, 0.4) is 0 Å². The Hall–Kier alpha value is -2.06. The smallest absolute Gasteiger partial charge is 0.174 e. The summed E-state index contributed by atoms with van der Waals surface area (Å²) in [6.45, 7) is 4.99. The molecule has 0 bridgehead atoms. The van der Waals surface area contributed by atoms with Gasteiger partial charge in [-0.2, -0.15) is 0 Å². The van der Waals surface area contributed by atoms with Gasteiger partial charge in [-0.3, -0.25) is 0 Å². The highest BCUT2D eigenvalue weighted by molar-refractivity contribution is 7.17. The third-order valence-electron chi connectivity index (χ3n) is 4.64. The minimum absolute atomic E-state index is 0.716. The monoisotopic (exact) mass is 364 g/mol. The van der Waals surface area contributed by atoms with Crippen LogP contribution < -0.4 is 4.74 Å². The Morgan fingerprint density at radius 3 is 2.00 bits per heavy atom. The molecule has 0 atom stereocenters. The lowest BCUT2D eigenvalue weighted by Crippen LogP contribution is -1.86. The fourth-order valence-corrected chi connectivity index (χ4v) is 4.06. The van der Waals surface area contributed by atoms with Crippen molar-refractivity contribution in [1.82, 2.24) is 0 Å². The predicted octanol–water partition coefficient (Wildman–Crippen LogP) is 7.60. The minimum Gasteiger partial charge on any atom is -0.484 e. The molecule has 1 aromatic heterocycles. The SMILES string of the molecule is CCCCCCc1ccc(-c2ccc(-c3ccc(OCC)s3)cc2)cc1. The van der Waals surface area contributed by atoms with E-state index in [0.717, 1.165) is 5.06 Å². The fourth-order valence-electron chi connectivity index (χ4n) is 3.14. The van der Waals surface area contributed by atoms with E-state index in [2.05, 4.69) is 67.6 Å². The topological polar surface area (TPSA) is 9.23 Å². The van der Waals surface area contributed by atoms with Crippen LogP contribution in [0.5, 0.6) is 5.06 Å². The van der Waals surface area contributed by atoms with Crippen LogP contribution >= 0.6 is 11.3 Å². The van der Waals surface area contributed by atoms with E-state index in [1.807, 2.05) is 6.92 Å². The molecule has 1 nitrogen and oxygen atoms in total. The van der Waals surface area contributed by atoms with E-state index in [-0.39, 0.29) is 0 Å². The second kappa shape index (κ2) is 9.59. The Labute approximate surface area is 161 Å². The summed E-state index contributed by atoms with van der Waals surface area (Å²) in [7, 11) is 0. The van der Waals surface area contributed by atoms with E-state index >= 15 is 0 Å². The molecule has 0 aliphatic carbocycles. The first-order valence-electron chi connectivity index (χ1n) is 9.72. The van der Waals surface area contributed by atoms with Gasteiger partial charge >= 0.3 is 0 Å². The molecular formula is C24H28OS. The molecule has 26 heavy (non-hydrogen) atoms. The number of unbranched alkanes of at least 4 members (excludes halogenated alkanes) is 3. The lowest BCUT2D eigenvalue weighted by atomic mass is 10.00. The first kappa shape index (κ1) is 18.7. The standard InChI is InChI=1S/C24H28OS/c1-3-5-6-7-8-19-9-11-20(12-10-19)21-13-15-22(16-14-21)23-17-18-24(26-23)25-4-2/h9-18H,3-8H2,1-2H3. The number of thiophene rings is 1. The number of aryl methyl sites for hydroxylation is 1. The lowest BCUT2D eigenvalue weighted by molar-refractivity contribution is 0.350. The zero-order chi connectivity index (χ0) is 18.2. The molecule has 0 fully saturated rings. The summed E-state index contributed by atoms with van der Waals surface area (Å²) in [6, 6.07) is 22.1. The van der Waals surface area contributed by atoms with E-state index in [4.69, 9.17) is 4.74 Å². The van der Waals surface area contributed by atoms with Gasteiger partial charge in [0, 0.05) is 4.88 Å². The van der Waals surface area contributed by atoms with Gasteiger partial charge in [0.05, 0.1) is 6.61 Å². The maximum Gasteiger partial charge on any atom is 0.174 e. The first-order chi connectivity index (χ1) is 12.8. The molecule has 0 radical (unpaired) electrons. The van der Waals surface area contributed by atoms with Crippen LogP contribution in [0.15, 0.2) is 60.7 Å². The number of hydrogen-bond acceptors (Lipinski definition) is 2. The number of ether oxygens (including phenoxy) is 1. The molecule has 1 heterocycles. The van der Waals surface area contributed by atoms with Crippen LogP contribution in [0.4, 0.5) is 0 Å². The summed E-state index contributed by atoms with van der Waals surface area (Å²) < 4.78 is 5.57. The Bertz CT molecular complexity index is 784. The summed E-state index contributed by atoms with van der Waals surface area (Å²) >= 11 is 1.70. The molecule has 2 heteroatoms. The Morgan fingerprint density at radius 2 is 1.35 bits per heavy atom. The zero-order valence-corrected chi connectivity index (χ0v) is 16.6. The first-order valence-corrected chi connectivity index (χ1v) is 10.5. The molecule has 0 N–H and O–H groups in total. The van der Waals surface area contributed by atoms with Crippen molar-refractivity contribution in [3.8, 4) is 26.6 Å². The summed E-state index contributed by atoms with van der Waals surface area (Å²) in [6.07, 6.45) is 6.48.